The summed E-state index contributed by atoms with van der Waals surface area (Å²) in [5.41, 5.74) is 5.44. The first-order chi connectivity index (χ1) is 8.96. The monoisotopic (exact) mass is 270 g/mol. The van der Waals surface area contributed by atoms with E-state index in [9.17, 15) is 9.59 Å². The van der Waals surface area contributed by atoms with E-state index in [2.05, 4.69) is 4.74 Å². The van der Waals surface area contributed by atoms with E-state index in [4.69, 9.17) is 5.73 Å². The van der Waals surface area contributed by atoms with Crippen LogP contribution in [-0.2, 0) is 14.3 Å². The lowest BCUT2D eigenvalue weighted by Crippen LogP contribution is -2.49. The van der Waals surface area contributed by atoms with Gasteiger partial charge in [0.25, 0.3) is 0 Å². The molecule has 0 aromatic rings. The Morgan fingerprint density at radius 1 is 1.32 bits per heavy atom. The topological polar surface area (TPSA) is 72.6 Å². The third-order valence-corrected chi connectivity index (χ3v) is 4.15. The minimum Gasteiger partial charge on any atom is -0.469 e. The minimum atomic E-state index is -0.414. The van der Waals surface area contributed by atoms with Gasteiger partial charge in [0.2, 0.25) is 5.91 Å². The van der Waals surface area contributed by atoms with Crippen molar-refractivity contribution in [2.24, 2.45) is 17.1 Å². The van der Waals surface area contributed by atoms with Crippen molar-refractivity contribution in [2.45, 2.75) is 39.0 Å². The summed E-state index contributed by atoms with van der Waals surface area (Å²) in [5.74, 6) is -0.520. The van der Waals surface area contributed by atoms with Crippen molar-refractivity contribution < 1.29 is 14.3 Å². The first-order valence-corrected chi connectivity index (χ1v) is 7.00. The number of nitrogens with zero attached hydrogens (tertiary/aromatic N) is 1. The summed E-state index contributed by atoms with van der Waals surface area (Å²) in [4.78, 5) is 25.6. The summed E-state index contributed by atoms with van der Waals surface area (Å²) >= 11 is 0. The van der Waals surface area contributed by atoms with Crippen molar-refractivity contribution in [3.63, 3.8) is 0 Å². The van der Waals surface area contributed by atoms with Crippen LogP contribution in [0.4, 0.5) is 0 Å². The zero-order valence-electron chi connectivity index (χ0n) is 12.3. The van der Waals surface area contributed by atoms with E-state index in [-0.39, 0.29) is 17.8 Å². The van der Waals surface area contributed by atoms with Gasteiger partial charge in [0.05, 0.1) is 18.4 Å². The average Bonchev–Trinajstić information content (AvgIpc) is 2.45. The summed E-state index contributed by atoms with van der Waals surface area (Å²) < 4.78 is 4.69. The molecule has 0 heterocycles. The van der Waals surface area contributed by atoms with Crippen molar-refractivity contribution in [3.05, 3.63) is 0 Å². The molecule has 19 heavy (non-hydrogen) atoms. The molecule has 1 aliphatic rings. The molecule has 0 aliphatic heterocycles. The van der Waals surface area contributed by atoms with E-state index >= 15 is 0 Å². The number of rotatable bonds is 5. The van der Waals surface area contributed by atoms with Crippen LogP contribution in [0.2, 0.25) is 0 Å². The van der Waals surface area contributed by atoms with Crippen LogP contribution in [0, 0.1) is 11.3 Å². The Morgan fingerprint density at radius 2 is 1.89 bits per heavy atom. The highest BCUT2D eigenvalue weighted by Gasteiger charge is 2.40. The predicted octanol–water partition coefficient (Wildman–Crippen LogP) is 1.16. The second-order valence-electron chi connectivity index (χ2n) is 5.65. The molecular weight excluding hydrogens is 244 g/mol. The Morgan fingerprint density at radius 3 is 2.37 bits per heavy atom. The maximum Gasteiger partial charge on any atom is 0.310 e. The standard InChI is InChI=1S/C14H26N2O3/c1-11(12(17)19-3)9-16(2)13(18)14(10-15)7-5-4-6-8-14/h11H,4-10,15H2,1-3H3. The number of methoxy groups -OCH3 is 1. The van der Waals surface area contributed by atoms with Crippen LogP contribution in [0.5, 0.6) is 0 Å². The SMILES string of the molecule is COC(=O)C(C)CN(C)C(=O)C1(CN)CCCCC1. The van der Waals surface area contributed by atoms with E-state index < -0.39 is 5.41 Å². The van der Waals surface area contributed by atoms with Crippen LogP contribution in [0.25, 0.3) is 0 Å². The minimum absolute atomic E-state index is 0.0745. The third kappa shape index (κ3) is 3.69. The van der Waals surface area contributed by atoms with Crippen molar-refractivity contribution in [1.29, 1.82) is 0 Å². The zero-order chi connectivity index (χ0) is 14.5. The van der Waals surface area contributed by atoms with Crippen molar-refractivity contribution in [3.8, 4) is 0 Å². The van der Waals surface area contributed by atoms with Crippen LogP contribution in [0.3, 0.4) is 0 Å². The third-order valence-electron chi connectivity index (χ3n) is 4.15. The molecule has 1 amide bonds. The molecule has 5 nitrogen and oxygen atoms in total. The van der Waals surface area contributed by atoms with Gasteiger partial charge >= 0.3 is 5.97 Å². The summed E-state index contributed by atoms with van der Waals surface area (Å²) in [6, 6.07) is 0. The van der Waals surface area contributed by atoms with Gasteiger partial charge in [-0.1, -0.05) is 26.2 Å². The molecule has 1 saturated carbocycles. The molecule has 0 spiro atoms. The number of ether oxygens (including phenoxy) is 1. The summed E-state index contributed by atoms with van der Waals surface area (Å²) in [6.07, 6.45) is 5.02. The van der Waals surface area contributed by atoms with E-state index in [1.54, 1.807) is 18.9 Å². The molecule has 1 rings (SSSR count). The molecule has 0 aromatic carbocycles. The van der Waals surface area contributed by atoms with Crippen LogP contribution in [-0.4, -0.2) is 44.0 Å². The highest BCUT2D eigenvalue weighted by atomic mass is 16.5. The summed E-state index contributed by atoms with van der Waals surface area (Å²) in [5, 5.41) is 0. The molecule has 0 radical (unpaired) electrons. The lowest BCUT2D eigenvalue weighted by atomic mass is 9.73. The van der Waals surface area contributed by atoms with Crippen LogP contribution in [0.1, 0.15) is 39.0 Å². The van der Waals surface area contributed by atoms with Gasteiger partial charge < -0.3 is 15.4 Å². The summed E-state index contributed by atoms with van der Waals surface area (Å²) in [7, 11) is 3.11. The molecule has 0 aromatic heterocycles. The van der Waals surface area contributed by atoms with E-state index in [0.29, 0.717) is 13.1 Å². The largest absolute Gasteiger partial charge is 0.469 e. The average molecular weight is 270 g/mol. The molecule has 1 atom stereocenters. The Hall–Kier alpha value is -1.10. The van der Waals surface area contributed by atoms with Crippen molar-refractivity contribution >= 4 is 11.9 Å². The molecule has 1 aliphatic carbocycles. The molecule has 5 heteroatoms. The number of amides is 1. The van der Waals surface area contributed by atoms with Gasteiger partial charge in [-0.2, -0.15) is 0 Å². The normalized spacial score (nSPS) is 19.6. The van der Waals surface area contributed by atoms with Crippen LogP contribution >= 0.6 is 0 Å². The molecule has 2 N–H and O–H groups in total. The lowest BCUT2D eigenvalue weighted by Gasteiger charge is -2.38. The van der Waals surface area contributed by atoms with Crippen LogP contribution < -0.4 is 5.73 Å². The van der Waals surface area contributed by atoms with E-state index in [1.165, 1.54) is 13.5 Å². The second-order valence-corrected chi connectivity index (χ2v) is 5.65. The van der Waals surface area contributed by atoms with Gasteiger partial charge in [-0.05, 0) is 12.8 Å². The molecule has 1 unspecified atom stereocenters. The Kier molecular flexibility index (Phi) is 5.79. The Labute approximate surface area is 115 Å². The molecule has 110 valence electrons. The molecule has 0 bridgehead atoms. The fourth-order valence-corrected chi connectivity index (χ4v) is 2.91. The number of hydrogen-bond donors (Lipinski definition) is 1. The fourth-order valence-electron chi connectivity index (χ4n) is 2.91. The maximum absolute atomic E-state index is 12.6. The van der Waals surface area contributed by atoms with E-state index in [0.717, 1.165) is 25.7 Å². The van der Waals surface area contributed by atoms with Gasteiger partial charge in [0.1, 0.15) is 0 Å². The Bertz CT molecular complexity index is 325. The highest BCUT2D eigenvalue weighted by molar-refractivity contribution is 5.83. The molecule has 1 fully saturated rings. The molecular formula is C14H26N2O3. The first kappa shape index (κ1) is 16.0. The number of carbonyl (C=O) groups excluding carboxylic acids is 2. The van der Waals surface area contributed by atoms with Gasteiger partial charge in [-0.3, -0.25) is 9.59 Å². The summed E-state index contributed by atoms with van der Waals surface area (Å²) in [6.45, 7) is 2.54. The number of nitrogens with two attached hydrogens (primary N) is 1. The highest BCUT2D eigenvalue weighted by Crippen LogP contribution is 2.37. The van der Waals surface area contributed by atoms with Gasteiger partial charge in [0.15, 0.2) is 0 Å². The molecule has 0 saturated heterocycles. The van der Waals surface area contributed by atoms with Crippen molar-refractivity contribution in [1.82, 2.24) is 4.90 Å². The number of hydrogen-bond acceptors (Lipinski definition) is 4. The quantitative estimate of drug-likeness (QED) is 0.761. The van der Waals surface area contributed by atoms with E-state index in [1.807, 2.05) is 0 Å². The van der Waals surface area contributed by atoms with Gasteiger partial charge in [0, 0.05) is 20.1 Å². The second kappa shape index (κ2) is 6.89. The maximum atomic E-state index is 12.6. The fraction of sp³-hybridized carbons (Fsp3) is 0.857. The zero-order valence-corrected chi connectivity index (χ0v) is 12.3. The number of esters is 1. The predicted molar refractivity (Wildman–Crippen MR) is 73.4 cm³/mol. The Balaban J connectivity index is 2.66. The van der Waals surface area contributed by atoms with Gasteiger partial charge in [-0.15, -0.1) is 0 Å². The van der Waals surface area contributed by atoms with Crippen LogP contribution in [0.15, 0.2) is 0 Å². The van der Waals surface area contributed by atoms with Crippen molar-refractivity contribution in [2.75, 3.05) is 27.2 Å². The van der Waals surface area contributed by atoms with Gasteiger partial charge in [-0.25, -0.2) is 0 Å². The smallest absolute Gasteiger partial charge is 0.310 e. The number of carbonyl (C=O) groups is 2. The lowest BCUT2D eigenvalue weighted by molar-refractivity contribution is -0.148. The first-order valence-electron chi connectivity index (χ1n) is 7.00.